The third-order valence-electron chi connectivity index (χ3n) is 3.22. The molecule has 20 heavy (non-hydrogen) atoms. The van der Waals surface area contributed by atoms with Crippen LogP contribution in [-0.2, 0) is 0 Å². The topological polar surface area (TPSA) is 77.8 Å². The van der Waals surface area contributed by atoms with Gasteiger partial charge in [-0.05, 0) is 48.9 Å². The van der Waals surface area contributed by atoms with Crippen LogP contribution in [-0.4, -0.2) is 33.5 Å². The van der Waals surface area contributed by atoms with Crippen molar-refractivity contribution in [3.63, 3.8) is 0 Å². The Morgan fingerprint density at radius 1 is 1.25 bits per heavy atom. The molecule has 1 fully saturated rings. The first-order valence-corrected chi connectivity index (χ1v) is 6.20. The minimum Gasteiger partial charge on any atom is -0.478 e. The highest BCUT2D eigenvalue weighted by Crippen LogP contribution is 2.36. The van der Waals surface area contributed by atoms with E-state index in [0.717, 1.165) is 0 Å². The maximum Gasteiger partial charge on any atom is 0.335 e. The molecule has 0 saturated heterocycles. The molecule has 0 amide bonds. The van der Waals surface area contributed by atoms with Crippen molar-refractivity contribution in [3.05, 3.63) is 35.4 Å². The third-order valence-corrected chi connectivity index (χ3v) is 3.22. The summed E-state index contributed by atoms with van der Waals surface area (Å²) >= 11 is 0. The fourth-order valence-corrected chi connectivity index (χ4v) is 2.03. The maximum absolute atomic E-state index is 10.7. The molecule has 0 atom stereocenters. The number of aliphatic hydroxyl groups is 2. The van der Waals surface area contributed by atoms with Crippen LogP contribution >= 0.6 is 0 Å². The molecule has 1 aliphatic carbocycles. The lowest BCUT2D eigenvalue weighted by molar-refractivity contribution is -0.0926. The maximum atomic E-state index is 10.7. The molecule has 1 aromatic rings. The van der Waals surface area contributed by atoms with Gasteiger partial charge in [-0.25, -0.2) is 4.79 Å². The predicted molar refractivity (Wildman–Crippen MR) is 72.8 cm³/mol. The molecule has 2 rings (SSSR count). The van der Waals surface area contributed by atoms with E-state index in [4.69, 9.17) is 10.2 Å². The van der Waals surface area contributed by atoms with Crippen molar-refractivity contribution in [2.75, 3.05) is 6.61 Å². The van der Waals surface area contributed by atoms with Crippen LogP contribution in [0.5, 0.6) is 0 Å². The SMILES string of the molecule is O=C(O)c1ccc(C#CC#CC2CC(O)(CO)C2)cc1. The van der Waals surface area contributed by atoms with Gasteiger partial charge < -0.3 is 15.3 Å². The predicted octanol–water partition coefficient (Wildman–Crippen LogP) is 0.873. The van der Waals surface area contributed by atoms with Crippen LogP contribution < -0.4 is 0 Å². The molecule has 4 heteroatoms. The summed E-state index contributed by atoms with van der Waals surface area (Å²) in [5.74, 6) is 10.3. The number of aliphatic hydroxyl groups excluding tert-OH is 1. The molecule has 0 aliphatic heterocycles. The molecule has 0 bridgehead atoms. The van der Waals surface area contributed by atoms with Crippen LogP contribution in [0, 0.1) is 29.6 Å². The Bertz CT molecular complexity index is 616. The van der Waals surface area contributed by atoms with Crippen LogP contribution in [0.1, 0.15) is 28.8 Å². The van der Waals surface area contributed by atoms with E-state index in [9.17, 15) is 9.90 Å². The number of hydrogen-bond acceptors (Lipinski definition) is 3. The molecule has 1 saturated carbocycles. The second-order valence-electron chi connectivity index (χ2n) is 4.89. The van der Waals surface area contributed by atoms with Crippen LogP contribution in [0.15, 0.2) is 24.3 Å². The van der Waals surface area contributed by atoms with Gasteiger partial charge in [-0.1, -0.05) is 11.8 Å². The Morgan fingerprint density at radius 3 is 2.45 bits per heavy atom. The Hall–Kier alpha value is -2.27. The largest absolute Gasteiger partial charge is 0.478 e. The zero-order valence-corrected chi connectivity index (χ0v) is 10.8. The van der Waals surface area contributed by atoms with Gasteiger partial charge in [0, 0.05) is 11.5 Å². The molecule has 0 heterocycles. The van der Waals surface area contributed by atoms with Crippen LogP contribution in [0.4, 0.5) is 0 Å². The fourth-order valence-electron chi connectivity index (χ4n) is 2.03. The molecule has 0 aromatic heterocycles. The molecule has 4 nitrogen and oxygen atoms in total. The minimum atomic E-state index is -0.967. The van der Waals surface area contributed by atoms with Gasteiger partial charge in [0.2, 0.25) is 0 Å². The van der Waals surface area contributed by atoms with E-state index in [1.165, 1.54) is 12.1 Å². The first-order chi connectivity index (χ1) is 9.52. The van der Waals surface area contributed by atoms with Gasteiger partial charge in [0.25, 0.3) is 0 Å². The molecular weight excluding hydrogens is 256 g/mol. The smallest absolute Gasteiger partial charge is 0.335 e. The van der Waals surface area contributed by atoms with E-state index in [-0.39, 0.29) is 18.1 Å². The van der Waals surface area contributed by atoms with Crippen molar-refractivity contribution in [2.24, 2.45) is 5.92 Å². The summed E-state index contributed by atoms with van der Waals surface area (Å²) in [6, 6.07) is 6.25. The lowest BCUT2D eigenvalue weighted by atomic mass is 9.72. The second-order valence-corrected chi connectivity index (χ2v) is 4.89. The summed E-state index contributed by atoms with van der Waals surface area (Å²) in [5, 5.41) is 27.2. The quantitative estimate of drug-likeness (QED) is 0.697. The van der Waals surface area contributed by atoms with Crippen molar-refractivity contribution >= 4 is 5.97 Å². The van der Waals surface area contributed by atoms with Gasteiger partial charge >= 0.3 is 5.97 Å². The lowest BCUT2D eigenvalue weighted by Gasteiger charge is -2.39. The Kier molecular flexibility index (Phi) is 4.10. The van der Waals surface area contributed by atoms with E-state index in [1.54, 1.807) is 12.1 Å². The van der Waals surface area contributed by atoms with Crippen LogP contribution in [0.2, 0.25) is 0 Å². The molecule has 0 radical (unpaired) electrons. The number of benzene rings is 1. The fraction of sp³-hybridized carbons (Fsp3) is 0.312. The molecule has 3 N–H and O–H groups in total. The van der Waals surface area contributed by atoms with Crippen molar-refractivity contribution < 1.29 is 20.1 Å². The number of rotatable bonds is 2. The highest BCUT2D eigenvalue weighted by atomic mass is 16.4. The summed E-state index contributed by atoms with van der Waals surface area (Å²) in [7, 11) is 0. The average molecular weight is 270 g/mol. The van der Waals surface area contributed by atoms with Gasteiger partial charge in [0.05, 0.1) is 17.8 Å². The summed E-state index contributed by atoms with van der Waals surface area (Å²) in [6.45, 7) is -0.229. The molecular formula is C16H14O4. The first kappa shape index (κ1) is 14.1. The van der Waals surface area contributed by atoms with Gasteiger partial charge in [0.1, 0.15) is 0 Å². The van der Waals surface area contributed by atoms with E-state index < -0.39 is 11.6 Å². The highest BCUT2D eigenvalue weighted by Gasteiger charge is 2.41. The first-order valence-electron chi connectivity index (χ1n) is 6.20. The Labute approximate surface area is 117 Å². The Morgan fingerprint density at radius 2 is 1.90 bits per heavy atom. The van der Waals surface area contributed by atoms with Gasteiger partial charge in [-0.3, -0.25) is 0 Å². The zero-order valence-electron chi connectivity index (χ0n) is 10.8. The second kappa shape index (κ2) is 5.79. The third kappa shape index (κ3) is 3.39. The normalized spacial score (nSPS) is 23.6. The lowest BCUT2D eigenvalue weighted by Crippen LogP contribution is -2.46. The van der Waals surface area contributed by atoms with E-state index in [2.05, 4.69) is 23.7 Å². The van der Waals surface area contributed by atoms with Crippen molar-refractivity contribution in [2.45, 2.75) is 18.4 Å². The zero-order chi connectivity index (χ0) is 14.6. The average Bonchev–Trinajstić information content (AvgIpc) is 2.41. The van der Waals surface area contributed by atoms with Crippen LogP contribution in [0.3, 0.4) is 0 Å². The Balaban J connectivity index is 1.91. The van der Waals surface area contributed by atoms with E-state index >= 15 is 0 Å². The highest BCUT2D eigenvalue weighted by molar-refractivity contribution is 5.87. The van der Waals surface area contributed by atoms with Gasteiger partial charge in [-0.15, -0.1) is 0 Å². The number of carboxylic acids is 1. The summed E-state index contributed by atoms with van der Waals surface area (Å²) in [6.07, 6.45) is 0.955. The summed E-state index contributed by atoms with van der Waals surface area (Å²) in [5.41, 5.74) is -0.0384. The summed E-state index contributed by atoms with van der Waals surface area (Å²) in [4.78, 5) is 10.7. The molecule has 1 aromatic carbocycles. The van der Waals surface area contributed by atoms with Gasteiger partial charge in [-0.2, -0.15) is 0 Å². The van der Waals surface area contributed by atoms with Crippen molar-refractivity contribution in [3.8, 4) is 23.7 Å². The van der Waals surface area contributed by atoms with E-state index in [0.29, 0.717) is 18.4 Å². The van der Waals surface area contributed by atoms with Crippen molar-refractivity contribution in [1.29, 1.82) is 0 Å². The summed E-state index contributed by atoms with van der Waals surface area (Å²) < 4.78 is 0. The number of carbonyl (C=O) groups is 1. The monoisotopic (exact) mass is 270 g/mol. The molecule has 102 valence electrons. The molecule has 0 spiro atoms. The molecule has 0 unspecified atom stereocenters. The van der Waals surface area contributed by atoms with Crippen molar-refractivity contribution in [1.82, 2.24) is 0 Å². The number of hydrogen-bond donors (Lipinski definition) is 3. The number of carboxylic acid groups (broad SMARTS) is 1. The standard InChI is InChI=1S/C16H14O4/c17-11-16(20)9-13(10-16)4-2-1-3-12-5-7-14(8-6-12)15(18)19/h5-8,13,17,20H,9-11H2,(H,18,19). The van der Waals surface area contributed by atoms with E-state index in [1.807, 2.05) is 0 Å². The number of aromatic carboxylic acids is 1. The minimum absolute atomic E-state index is 0.0795. The van der Waals surface area contributed by atoms with Crippen LogP contribution in [0.25, 0.3) is 0 Å². The van der Waals surface area contributed by atoms with Gasteiger partial charge in [0.15, 0.2) is 0 Å². The molecule has 1 aliphatic rings.